The number of hydrogen-bond donors (Lipinski definition) is 1. The first-order valence-electron chi connectivity index (χ1n) is 8.71. The Morgan fingerprint density at radius 1 is 1.19 bits per heavy atom. The highest BCUT2D eigenvalue weighted by Crippen LogP contribution is 2.15. The van der Waals surface area contributed by atoms with E-state index in [9.17, 15) is 9.18 Å². The second-order valence-corrected chi connectivity index (χ2v) is 6.60. The lowest BCUT2D eigenvalue weighted by Gasteiger charge is -2.15. The number of rotatable bonds is 2. The highest BCUT2D eigenvalue weighted by atomic mass is 35.5. The third-order valence-corrected chi connectivity index (χ3v) is 4.41. The summed E-state index contributed by atoms with van der Waals surface area (Å²) in [7, 11) is 0. The summed E-state index contributed by atoms with van der Waals surface area (Å²) in [6.45, 7) is 0. The largest absolute Gasteiger partial charge is 0.328 e. The van der Waals surface area contributed by atoms with Crippen LogP contribution in [0.4, 0.5) is 4.39 Å². The summed E-state index contributed by atoms with van der Waals surface area (Å²) in [5.41, 5.74) is 5.91. The molecule has 2 N–H and O–H groups in total. The van der Waals surface area contributed by atoms with Gasteiger partial charge in [0.2, 0.25) is 5.28 Å². The van der Waals surface area contributed by atoms with Crippen LogP contribution in [0, 0.1) is 5.82 Å². The molecule has 4 rings (SSSR count). The molecule has 142 valence electrons. The summed E-state index contributed by atoms with van der Waals surface area (Å²) < 4.78 is 16.2. The first-order chi connectivity index (χ1) is 13.0. The van der Waals surface area contributed by atoms with Gasteiger partial charge in [-0.1, -0.05) is 25.3 Å². The molecule has 0 atom stereocenters. The van der Waals surface area contributed by atoms with Crippen LogP contribution in [0.25, 0.3) is 11.5 Å². The van der Waals surface area contributed by atoms with E-state index in [4.69, 9.17) is 17.3 Å². The smallest absolute Gasteiger partial charge is 0.255 e. The van der Waals surface area contributed by atoms with E-state index < -0.39 is 5.82 Å². The van der Waals surface area contributed by atoms with E-state index in [1.54, 1.807) is 18.3 Å². The molecule has 1 aliphatic rings. The van der Waals surface area contributed by atoms with Gasteiger partial charge in [0.15, 0.2) is 11.6 Å². The fraction of sp³-hybridized carbons (Fsp3) is 0.333. The minimum Gasteiger partial charge on any atom is -0.328 e. The highest BCUT2D eigenvalue weighted by molar-refractivity contribution is 6.28. The summed E-state index contributed by atoms with van der Waals surface area (Å²) >= 11 is 5.63. The van der Waals surface area contributed by atoms with Gasteiger partial charge in [0, 0.05) is 18.3 Å². The predicted molar refractivity (Wildman–Crippen MR) is 101 cm³/mol. The van der Waals surface area contributed by atoms with Crippen molar-refractivity contribution in [3.8, 4) is 11.5 Å². The molecular weight excluding hydrogens is 371 g/mol. The molecule has 0 aromatic carbocycles. The van der Waals surface area contributed by atoms with Gasteiger partial charge < -0.3 is 5.73 Å². The fourth-order valence-corrected chi connectivity index (χ4v) is 2.96. The second kappa shape index (κ2) is 8.88. The molecule has 3 aromatic rings. The number of nitrogens with zero attached hydrogens (tertiary/aromatic N) is 5. The number of pyridine rings is 1. The molecule has 0 bridgehead atoms. The first kappa shape index (κ1) is 19.2. The summed E-state index contributed by atoms with van der Waals surface area (Å²) in [5, 5.41) is 3.89. The molecule has 0 saturated heterocycles. The normalized spacial score (nSPS) is 14.5. The van der Waals surface area contributed by atoms with Gasteiger partial charge in [-0.3, -0.25) is 9.36 Å². The number of nitrogens with two attached hydrogens (primary N) is 1. The van der Waals surface area contributed by atoms with Crippen molar-refractivity contribution in [2.75, 3.05) is 0 Å². The van der Waals surface area contributed by atoms with Crippen molar-refractivity contribution in [1.29, 1.82) is 0 Å². The Kier molecular flexibility index (Phi) is 6.31. The molecule has 1 fully saturated rings. The fourth-order valence-electron chi connectivity index (χ4n) is 2.83. The summed E-state index contributed by atoms with van der Waals surface area (Å²) in [6, 6.07) is 5.29. The van der Waals surface area contributed by atoms with E-state index in [-0.39, 0.29) is 16.7 Å². The maximum atomic E-state index is 13.6. The van der Waals surface area contributed by atoms with Crippen LogP contribution in [-0.4, -0.2) is 30.4 Å². The Hall–Kier alpha value is -2.58. The van der Waals surface area contributed by atoms with Gasteiger partial charge in [0.05, 0.1) is 24.3 Å². The predicted octanol–water partition coefficient (Wildman–Crippen LogP) is 2.88. The lowest BCUT2D eigenvalue weighted by Crippen LogP contribution is -2.22. The van der Waals surface area contributed by atoms with Crippen molar-refractivity contribution in [3.63, 3.8) is 0 Å². The van der Waals surface area contributed by atoms with E-state index in [1.165, 1.54) is 59.8 Å². The molecule has 27 heavy (non-hydrogen) atoms. The van der Waals surface area contributed by atoms with Crippen molar-refractivity contribution in [2.24, 2.45) is 5.73 Å². The molecule has 0 unspecified atom stereocenters. The van der Waals surface area contributed by atoms with Gasteiger partial charge in [-0.25, -0.2) is 14.1 Å². The van der Waals surface area contributed by atoms with Gasteiger partial charge in [-0.05, 0) is 30.5 Å². The molecule has 1 saturated carbocycles. The monoisotopic (exact) mass is 390 g/mol. The minimum atomic E-state index is -0.663. The van der Waals surface area contributed by atoms with Gasteiger partial charge in [-0.2, -0.15) is 10.1 Å². The molecule has 0 aliphatic heterocycles. The summed E-state index contributed by atoms with van der Waals surface area (Å²) in [6.07, 6.45) is 12.1. The van der Waals surface area contributed by atoms with Crippen LogP contribution in [0.3, 0.4) is 0 Å². The van der Waals surface area contributed by atoms with Crippen molar-refractivity contribution in [3.05, 3.63) is 64.4 Å². The van der Waals surface area contributed by atoms with Crippen molar-refractivity contribution < 1.29 is 4.39 Å². The zero-order chi connectivity index (χ0) is 19.2. The Morgan fingerprint density at radius 2 is 1.96 bits per heavy atom. The lowest BCUT2D eigenvalue weighted by atomic mass is 9.97. The van der Waals surface area contributed by atoms with E-state index in [1.807, 2.05) is 0 Å². The highest BCUT2D eigenvalue weighted by Gasteiger charge is 2.11. The van der Waals surface area contributed by atoms with Crippen molar-refractivity contribution >= 4 is 11.6 Å². The van der Waals surface area contributed by atoms with Crippen molar-refractivity contribution in [2.45, 2.75) is 38.1 Å². The standard InChI is InChI=1S/C12H7ClFN5O.C6H13N/c13-12-15-6-9(14)11(17-12)19-7-8(5-16-19)18-4-2-1-3-10(18)20;7-6-4-2-1-3-5-6/h1-7H;6H,1-5,7H2. The van der Waals surface area contributed by atoms with Gasteiger partial charge in [0.1, 0.15) is 0 Å². The SMILES string of the molecule is NC1CCCCC1.O=c1ccccn1-c1cnn(-c2nc(Cl)ncc2F)c1. The number of hydrogen-bond acceptors (Lipinski definition) is 5. The summed E-state index contributed by atoms with van der Waals surface area (Å²) in [5.74, 6) is -0.746. The number of aromatic nitrogens is 5. The molecule has 3 aromatic heterocycles. The van der Waals surface area contributed by atoms with Crippen LogP contribution in [0.1, 0.15) is 32.1 Å². The van der Waals surface area contributed by atoms with Gasteiger partial charge in [0.25, 0.3) is 5.56 Å². The molecule has 0 spiro atoms. The van der Waals surface area contributed by atoms with Crippen LogP contribution in [0.5, 0.6) is 0 Å². The van der Waals surface area contributed by atoms with Crippen LogP contribution in [0.2, 0.25) is 5.28 Å². The molecule has 3 heterocycles. The minimum absolute atomic E-state index is 0.0831. The topological polar surface area (TPSA) is 91.6 Å². The second-order valence-electron chi connectivity index (χ2n) is 6.26. The van der Waals surface area contributed by atoms with Crippen LogP contribution in [0.15, 0.2) is 47.8 Å². The van der Waals surface area contributed by atoms with E-state index >= 15 is 0 Å². The average molecular weight is 391 g/mol. The maximum absolute atomic E-state index is 13.6. The maximum Gasteiger partial charge on any atom is 0.255 e. The molecule has 1 aliphatic carbocycles. The molecule has 7 nitrogen and oxygen atoms in total. The molecule has 0 radical (unpaired) electrons. The first-order valence-corrected chi connectivity index (χ1v) is 9.09. The van der Waals surface area contributed by atoms with E-state index in [0.29, 0.717) is 11.7 Å². The molecule has 9 heteroatoms. The van der Waals surface area contributed by atoms with Gasteiger partial charge in [-0.15, -0.1) is 0 Å². The average Bonchev–Trinajstić information content (AvgIpc) is 3.15. The zero-order valence-electron chi connectivity index (χ0n) is 14.6. The molecule has 0 amide bonds. The van der Waals surface area contributed by atoms with Gasteiger partial charge >= 0.3 is 0 Å². The Labute approximate surface area is 160 Å². The van der Waals surface area contributed by atoms with Crippen LogP contribution >= 0.6 is 11.6 Å². The van der Waals surface area contributed by atoms with Crippen LogP contribution in [-0.2, 0) is 0 Å². The number of halogens is 2. The zero-order valence-corrected chi connectivity index (χ0v) is 15.4. The summed E-state index contributed by atoms with van der Waals surface area (Å²) in [4.78, 5) is 19.0. The Balaban J connectivity index is 0.000000253. The molecular formula is C18H20ClFN6O. The lowest BCUT2D eigenvalue weighted by molar-refractivity contribution is 0.441. The third kappa shape index (κ3) is 4.99. The third-order valence-electron chi connectivity index (χ3n) is 4.23. The Bertz CT molecular complexity index is 951. The van der Waals surface area contributed by atoms with E-state index in [0.717, 1.165) is 6.20 Å². The quantitative estimate of drug-likeness (QED) is 0.679. The van der Waals surface area contributed by atoms with Crippen molar-refractivity contribution in [1.82, 2.24) is 24.3 Å². The Morgan fingerprint density at radius 3 is 2.63 bits per heavy atom. The van der Waals surface area contributed by atoms with Crippen LogP contribution < -0.4 is 11.3 Å². The van der Waals surface area contributed by atoms with E-state index in [2.05, 4.69) is 15.1 Å².